The minimum Gasteiger partial charge on any atom is -0.356 e. The van der Waals surface area contributed by atoms with Crippen molar-refractivity contribution in [2.45, 2.75) is 52.4 Å². The number of piperazine rings is 1. The fourth-order valence-electron chi connectivity index (χ4n) is 3.64. The minimum absolute atomic E-state index is 0.0496. The van der Waals surface area contributed by atoms with Gasteiger partial charge in [0.25, 0.3) is 0 Å². The molecule has 136 valence electrons. The van der Waals surface area contributed by atoms with Crippen LogP contribution in [0.25, 0.3) is 0 Å². The molecule has 3 amide bonds. The van der Waals surface area contributed by atoms with Crippen molar-refractivity contribution in [3.8, 4) is 0 Å². The van der Waals surface area contributed by atoms with Crippen LogP contribution in [0, 0.1) is 11.8 Å². The summed E-state index contributed by atoms with van der Waals surface area (Å²) in [5.41, 5.74) is 0. The molecule has 0 aromatic heterocycles. The summed E-state index contributed by atoms with van der Waals surface area (Å²) in [5, 5.41) is 3.00. The van der Waals surface area contributed by atoms with Crippen molar-refractivity contribution in [3.63, 3.8) is 0 Å². The molecule has 0 aromatic rings. The molecule has 2 rings (SSSR count). The number of hydrogen-bond donors (Lipinski definition) is 1. The molecule has 24 heavy (non-hydrogen) atoms. The zero-order valence-electron chi connectivity index (χ0n) is 15.1. The van der Waals surface area contributed by atoms with Crippen molar-refractivity contribution < 1.29 is 14.4 Å². The minimum atomic E-state index is 0.0496. The number of amides is 3. The standard InChI is InChI=1S/C18H31N3O3/c1-3-4-9-19-17(23)15-5-7-16(8-6-15)18(24)21-12-10-20(11-13-21)14(2)22/h15-16H,3-13H2,1-2H3,(H,19,23). The third kappa shape index (κ3) is 4.95. The van der Waals surface area contributed by atoms with E-state index in [1.54, 1.807) is 11.8 Å². The number of rotatable bonds is 5. The van der Waals surface area contributed by atoms with Gasteiger partial charge in [-0.3, -0.25) is 14.4 Å². The van der Waals surface area contributed by atoms with Crippen LogP contribution in [0.1, 0.15) is 52.4 Å². The predicted molar refractivity (Wildman–Crippen MR) is 92.2 cm³/mol. The molecular weight excluding hydrogens is 306 g/mol. The fraction of sp³-hybridized carbons (Fsp3) is 0.833. The Kier molecular flexibility index (Phi) is 7.06. The molecule has 0 aromatic carbocycles. The van der Waals surface area contributed by atoms with Crippen LogP contribution in [0.15, 0.2) is 0 Å². The van der Waals surface area contributed by atoms with Crippen LogP contribution in [-0.2, 0) is 14.4 Å². The van der Waals surface area contributed by atoms with Gasteiger partial charge in [-0.25, -0.2) is 0 Å². The van der Waals surface area contributed by atoms with Crippen molar-refractivity contribution in [1.82, 2.24) is 15.1 Å². The zero-order chi connectivity index (χ0) is 17.5. The lowest BCUT2D eigenvalue weighted by molar-refractivity contribution is -0.143. The van der Waals surface area contributed by atoms with Crippen LogP contribution < -0.4 is 5.32 Å². The normalized spacial score (nSPS) is 24.6. The highest BCUT2D eigenvalue weighted by Crippen LogP contribution is 2.30. The molecule has 6 heteroatoms. The quantitative estimate of drug-likeness (QED) is 0.771. The number of hydrogen-bond acceptors (Lipinski definition) is 3. The van der Waals surface area contributed by atoms with Gasteiger partial charge >= 0.3 is 0 Å². The second kappa shape index (κ2) is 9.04. The molecule has 0 atom stereocenters. The molecule has 1 N–H and O–H groups in total. The van der Waals surface area contributed by atoms with Gasteiger partial charge in [0.2, 0.25) is 17.7 Å². The molecule has 2 fully saturated rings. The zero-order valence-corrected chi connectivity index (χ0v) is 15.1. The molecule has 0 radical (unpaired) electrons. The summed E-state index contributed by atoms with van der Waals surface area (Å²) in [6, 6.07) is 0. The van der Waals surface area contributed by atoms with Crippen molar-refractivity contribution >= 4 is 17.7 Å². The van der Waals surface area contributed by atoms with E-state index in [0.29, 0.717) is 26.2 Å². The molecule has 1 saturated heterocycles. The van der Waals surface area contributed by atoms with Crippen molar-refractivity contribution in [3.05, 3.63) is 0 Å². The summed E-state index contributed by atoms with van der Waals surface area (Å²) < 4.78 is 0. The summed E-state index contributed by atoms with van der Waals surface area (Å²) in [7, 11) is 0. The van der Waals surface area contributed by atoms with E-state index >= 15 is 0 Å². The van der Waals surface area contributed by atoms with Crippen LogP contribution in [0.4, 0.5) is 0 Å². The van der Waals surface area contributed by atoms with Crippen molar-refractivity contribution in [1.29, 1.82) is 0 Å². The summed E-state index contributed by atoms with van der Waals surface area (Å²) in [6.45, 7) is 6.98. The Balaban J connectivity index is 1.73. The highest BCUT2D eigenvalue weighted by atomic mass is 16.2. The summed E-state index contributed by atoms with van der Waals surface area (Å²) >= 11 is 0. The Hall–Kier alpha value is -1.59. The smallest absolute Gasteiger partial charge is 0.225 e. The monoisotopic (exact) mass is 337 g/mol. The van der Waals surface area contributed by atoms with Gasteiger partial charge in [0.05, 0.1) is 0 Å². The van der Waals surface area contributed by atoms with E-state index in [1.165, 1.54) is 0 Å². The molecule has 0 bridgehead atoms. The lowest BCUT2D eigenvalue weighted by Crippen LogP contribution is -2.51. The third-order valence-electron chi connectivity index (χ3n) is 5.31. The molecule has 0 spiro atoms. The second-order valence-electron chi connectivity index (χ2n) is 7.02. The SMILES string of the molecule is CCCCNC(=O)C1CCC(C(=O)N2CCN(C(C)=O)CC2)CC1. The molecular formula is C18H31N3O3. The van der Waals surface area contributed by atoms with Gasteiger partial charge in [-0.15, -0.1) is 0 Å². The molecule has 1 aliphatic heterocycles. The number of unbranched alkanes of at least 4 members (excludes halogenated alkanes) is 1. The molecule has 1 heterocycles. The van der Waals surface area contributed by atoms with Crippen LogP contribution in [0.5, 0.6) is 0 Å². The number of nitrogens with one attached hydrogen (secondary N) is 1. The maximum absolute atomic E-state index is 12.6. The molecule has 6 nitrogen and oxygen atoms in total. The first-order valence-corrected chi connectivity index (χ1v) is 9.35. The van der Waals surface area contributed by atoms with Gasteiger partial charge in [0.15, 0.2) is 0 Å². The lowest BCUT2D eigenvalue weighted by Gasteiger charge is -2.37. The highest BCUT2D eigenvalue weighted by molar-refractivity contribution is 5.81. The number of nitrogens with zero attached hydrogens (tertiary/aromatic N) is 2. The van der Waals surface area contributed by atoms with Gasteiger partial charge in [0, 0.05) is 51.5 Å². The molecule has 2 aliphatic rings. The topological polar surface area (TPSA) is 69.7 Å². The Labute approximate surface area is 144 Å². The van der Waals surface area contributed by atoms with Crippen LogP contribution in [-0.4, -0.2) is 60.2 Å². The van der Waals surface area contributed by atoms with Gasteiger partial charge in [-0.05, 0) is 32.1 Å². The number of carbonyl (C=O) groups is 3. The average molecular weight is 337 g/mol. The fourth-order valence-corrected chi connectivity index (χ4v) is 3.64. The molecule has 0 unspecified atom stereocenters. The first-order valence-electron chi connectivity index (χ1n) is 9.35. The van der Waals surface area contributed by atoms with E-state index in [0.717, 1.165) is 45.1 Å². The Morgan fingerprint density at radius 1 is 0.917 bits per heavy atom. The van der Waals surface area contributed by atoms with Gasteiger partial charge in [0.1, 0.15) is 0 Å². The van der Waals surface area contributed by atoms with Gasteiger partial charge < -0.3 is 15.1 Å². The van der Waals surface area contributed by atoms with Crippen LogP contribution in [0.3, 0.4) is 0 Å². The number of carbonyl (C=O) groups excluding carboxylic acids is 3. The summed E-state index contributed by atoms with van der Waals surface area (Å²) in [6.07, 6.45) is 5.32. The van der Waals surface area contributed by atoms with E-state index < -0.39 is 0 Å². The van der Waals surface area contributed by atoms with Crippen LogP contribution >= 0.6 is 0 Å². The van der Waals surface area contributed by atoms with Crippen LogP contribution in [0.2, 0.25) is 0 Å². The summed E-state index contributed by atoms with van der Waals surface area (Å²) in [4.78, 5) is 39.8. The van der Waals surface area contributed by atoms with Gasteiger partial charge in [-0.2, -0.15) is 0 Å². The second-order valence-corrected chi connectivity index (χ2v) is 7.02. The first kappa shape index (κ1) is 18.7. The van der Waals surface area contributed by atoms with Crippen molar-refractivity contribution in [2.75, 3.05) is 32.7 Å². The van der Waals surface area contributed by atoms with Gasteiger partial charge in [-0.1, -0.05) is 13.3 Å². The largest absolute Gasteiger partial charge is 0.356 e. The lowest BCUT2D eigenvalue weighted by atomic mass is 9.81. The Morgan fingerprint density at radius 3 is 2.00 bits per heavy atom. The third-order valence-corrected chi connectivity index (χ3v) is 5.31. The summed E-state index contributed by atoms with van der Waals surface area (Å²) in [5.74, 6) is 0.568. The molecule has 1 saturated carbocycles. The van der Waals surface area contributed by atoms with E-state index in [9.17, 15) is 14.4 Å². The maximum atomic E-state index is 12.6. The molecule has 1 aliphatic carbocycles. The van der Waals surface area contributed by atoms with Crippen molar-refractivity contribution in [2.24, 2.45) is 11.8 Å². The van der Waals surface area contributed by atoms with E-state index in [2.05, 4.69) is 12.2 Å². The Morgan fingerprint density at radius 2 is 1.46 bits per heavy atom. The average Bonchev–Trinajstić information content (AvgIpc) is 2.61. The highest BCUT2D eigenvalue weighted by Gasteiger charge is 2.33. The van der Waals surface area contributed by atoms with E-state index in [-0.39, 0.29) is 29.6 Å². The maximum Gasteiger partial charge on any atom is 0.225 e. The van der Waals surface area contributed by atoms with E-state index in [4.69, 9.17) is 0 Å². The first-order chi connectivity index (χ1) is 11.5. The predicted octanol–water partition coefficient (Wildman–Crippen LogP) is 1.40. The van der Waals surface area contributed by atoms with E-state index in [1.807, 2.05) is 4.90 Å². The Bertz CT molecular complexity index is 450.